The predicted molar refractivity (Wildman–Crippen MR) is 92.3 cm³/mol. The summed E-state index contributed by atoms with van der Waals surface area (Å²) in [4.78, 5) is 1.39. The van der Waals surface area contributed by atoms with Crippen LogP contribution in [-0.4, -0.2) is 49.7 Å². The number of rotatable bonds is 6. The molecule has 1 aromatic rings. The van der Waals surface area contributed by atoms with Gasteiger partial charge < -0.3 is 19.5 Å². The van der Waals surface area contributed by atoms with E-state index in [9.17, 15) is 5.11 Å². The zero-order chi connectivity index (χ0) is 17.0. The molecule has 4 nitrogen and oxygen atoms in total. The Hall–Kier alpha value is -1.10. The van der Waals surface area contributed by atoms with Crippen molar-refractivity contribution in [2.45, 2.75) is 58.8 Å². The van der Waals surface area contributed by atoms with Crippen LogP contribution in [0.15, 0.2) is 18.2 Å². The lowest BCUT2D eigenvalue weighted by Crippen LogP contribution is -3.16. The van der Waals surface area contributed by atoms with E-state index in [0.29, 0.717) is 19.1 Å². The Bertz CT molecular complexity index is 493. The number of hydrogen-bond donors (Lipinski definition) is 2. The maximum atomic E-state index is 10.3. The Kier molecular flexibility index (Phi) is 6.45. The fourth-order valence-electron chi connectivity index (χ4n) is 3.53. The number of morpholine rings is 1. The molecule has 23 heavy (non-hydrogen) atoms. The second kappa shape index (κ2) is 8.13. The molecule has 1 saturated heterocycles. The molecule has 0 amide bonds. The Labute approximate surface area is 140 Å². The topological polar surface area (TPSA) is 43.1 Å². The van der Waals surface area contributed by atoms with Gasteiger partial charge in [0.15, 0.2) is 0 Å². The van der Waals surface area contributed by atoms with E-state index in [1.807, 2.05) is 6.07 Å². The van der Waals surface area contributed by atoms with Gasteiger partial charge in [0.2, 0.25) is 0 Å². The number of quaternary nitrogens is 1. The number of aliphatic hydroxyl groups excluding tert-OH is 1. The molecule has 1 aromatic carbocycles. The first-order valence-electron chi connectivity index (χ1n) is 8.75. The number of hydrogen-bond acceptors (Lipinski definition) is 3. The molecule has 1 fully saturated rings. The molecule has 0 bridgehead atoms. The summed E-state index contributed by atoms with van der Waals surface area (Å²) in [5.41, 5.74) is 2.59. The summed E-state index contributed by atoms with van der Waals surface area (Å²) in [6, 6.07) is 6.19. The van der Waals surface area contributed by atoms with Gasteiger partial charge >= 0.3 is 0 Å². The van der Waals surface area contributed by atoms with E-state index in [1.54, 1.807) is 0 Å². The highest BCUT2D eigenvalue weighted by molar-refractivity contribution is 5.36. The molecule has 2 rings (SSSR count). The summed E-state index contributed by atoms with van der Waals surface area (Å²) in [6.45, 7) is 13.6. The van der Waals surface area contributed by atoms with Crippen molar-refractivity contribution in [1.29, 1.82) is 0 Å². The van der Waals surface area contributed by atoms with Crippen molar-refractivity contribution in [3.8, 4) is 5.75 Å². The summed E-state index contributed by atoms with van der Waals surface area (Å²) in [7, 11) is 0. The highest BCUT2D eigenvalue weighted by Gasteiger charge is 2.27. The molecule has 4 heteroatoms. The quantitative estimate of drug-likeness (QED) is 0.835. The first-order valence-corrected chi connectivity index (χ1v) is 8.75. The number of aliphatic hydroxyl groups is 1. The third-order valence-electron chi connectivity index (χ3n) is 4.45. The summed E-state index contributed by atoms with van der Waals surface area (Å²) in [5, 5.41) is 10.3. The van der Waals surface area contributed by atoms with E-state index in [0.717, 1.165) is 18.8 Å². The highest BCUT2D eigenvalue weighted by Crippen LogP contribution is 2.23. The van der Waals surface area contributed by atoms with Gasteiger partial charge in [-0.25, -0.2) is 0 Å². The van der Waals surface area contributed by atoms with Crippen molar-refractivity contribution in [3.63, 3.8) is 0 Å². The Morgan fingerprint density at radius 1 is 1.26 bits per heavy atom. The van der Waals surface area contributed by atoms with Crippen molar-refractivity contribution >= 4 is 0 Å². The van der Waals surface area contributed by atoms with Crippen LogP contribution in [0.3, 0.4) is 0 Å². The lowest BCUT2D eigenvalue weighted by molar-refractivity contribution is -0.918. The third-order valence-corrected chi connectivity index (χ3v) is 4.45. The molecule has 0 radical (unpaired) electrons. The van der Waals surface area contributed by atoms with Crippen LogP contribution in [0.5, 0.6) is 5.75 Å². The van der Waals surface area contributed by atoms with E-state index in [4.69, 9.17) is 9.47 Å². The van der Waals surface area contributed by atoms with Gasteiger partial charge in [-0.2, -0.15) is 0 Å². The normalized spacial score (nSPS) is 26.3. The summed E-state index contributed by atoms with van der Waals surface area (Å²) in [6.07, 6.45) is 0.0637. The molecule has 1 heterocycles. The van der Waals surface area contributed by atoms with Gasteiger partial charge in [-0.3, -0.25) is 0 Å². The Morgan fingerprint density at radius 3 is 2.48 bits per heavy atom. The Balaban J connectivity index is 1.82. The lowest BCUT2D eigenvalue weighted by Gasteiger charge is -2.33. The molecule has 0 aliphatic carbocycles. The molecular weight excluding hydrogens is 290 g/mol. The van der Waals surface area contributed by atoms with Gasteiger partial charge in [-0.1, -0.05) is 19.9 Å². The number of benzene rings is 1. The fourth-order valence-corrected chi connectivity index (χ4v) is 3.53. The van der Waals surface area contributed by atoms with Crippen molar-refractivity contribution in [1.82, 2.24) is 0 Å². The van der Waals surface area contributed by atoms with E-state index < -0.39 is 6.10 Å². The van der Waals surface area contributed by atoms with Crippen LogP contribution >= 0.6 is 0 Å². The van der Waals surface area contributed by atoms with Gasteiger partial charge in [0, 0.05) is 0 Å². The van der Waals surface area contributed by atoms with E-state index in [2.05, 4.69) is 46.8 Å². The van der Waals surface area contributed by atoms with Crippen LogP contribution in [0.4, 0.5) is 0 Å². The minimum Gasteiger partial charge on any atom is -0.491 e. The lowest BCUT2D eigenvalue weighted by atomic mass is 9.98. The number of ether oxygens (including phenoxy) is 2. The van der Waals surface area contributed by atoms with E-state index in [-0.39, 0.29) is 12.2 Å². The molecule has 1 aliphatic heterocycles. The van der Waals surface area contributed by atoms with E-state index >= 15 is 0 Å². The Morgan fingerprint density at radius 2 is 1.91 bits per heavy atom. The number of aryl methyl sites for hydroxylation is 1. The largest absolute Gasteiger partial charge is 0.491 e. The number of nitrogens with one attached hydrogen (secondary N) is 1. The van der Waals surface area contributed by atoms with Crippen molar-refractivity contribution in [3.05, 3.63) is 29.3 Å². The van der Waals surface area contributed by atoms with Crippen LogP contribution in [0.25, 0.3) is 0 Å². The van der Waals surface area contributed by atoms with Crippen LogP contribution < -0.4 is 9.64 Å². The van der Waals surface area contributed by atoms with Crippen LogP contribution in [-0.2, 0) is 4.74 Å². The van der Waals surface area contributed by atoms with Gasteiger partial charge in [-0.15, -0.1) is 0 Å². The fraction of sp³-hybridized carbons (Fsp3) is 0.684. The molecule has 1 aliphatic rings. The zero-order valence-corrected chi connectivity index (χ0v) is 15.1. The van der Waals surface area contributed by atoms with Crippen molar-refractivity contribution in [2.75, 3.05) is 26.2 Å². The zero-order valence-electron chi connectivity index (χ0n) is 15.1. The first kappa shape index (κ1) is 18.2. The molecule has 0 saturated carbocycles. The highest BCUT2D eigenvalue weighted by atomic mass is 16.5. The monoisotopic (exact) mass is 322 g/mol. The molecule has 0 spiro atoms. The van der Waals surface area contributed by atoms with Gasteiger partial charge in [0.1, 0.15) is 50.3 Å². The minimum absolute atomic E-state index is 0.257. The summed E-state index contributed by atoms with van der Waals surface area (Å²) >= 11 is 0. The molecule has 2 N–H and O–H groups in total. The molecule has 4 atom stereocenters. The maximum Gasteiger partial charge on any atom is 0.137 e. The second-order valence-corrected chi connectivity index (χ2v) is 7.26. The molecule has 1 unspecified atom stereocenters. The smallest absolute Gasteiger partial charge is 0.137 e. The SMILES string of the molecule is Cc1cc(OC[C@H](O)C[NH+]2C[C@@H](C)O[C@@H](C)C2)ccc1C(C)C. The average molecular weight is 322 g/mol. The van der Waals surface area contributed by atoms with Gasteiger partial charge in [0.05, 0.1) is 0 Å². The molecule has 0 aromatic heterocycles. The maximum absolute atomic E-state index is 10.3. The van der Waals surface area contributed by atoms with Crippen molar-refractivity contribution < 1.29 is 19.5 Å². The minimum atomic E-state index is -0.451. The van der Waals surface area contributed by atoms with Crippen LogP contribution in [0.2, 0.25) is 0 Å². The summed E-state index contributed by atoms with van der Waals surface area (Å²) in [5.74, 6) is 1.35. The van der Waals surface area contributed by atoms with Crippen LogP contribution in [0.1, 0.15) is 44.7 Å². The predicted octanol–water partition coefficient (Wildman–Crippen LogP) is 1.55. The van der Waals surface area contributed by atoms with Gasteiger partial charge in [-0.05, 0) is 49.9 Å². The molecule has 130 valence electrons. The van der Waals surface area contributed by atoms with E-state index in [1.165, 1.54) is 16.0 Å². The third kappa shape index (κ3) is 5.48. The van der Waals surface area contributed by atoms with Crippen LogP contribution in [0, 0.1) is 6.92 Å². The first-order chi connectivity index (χ1) is 10.8. The summed E-state index contributed by atoms with van der Waals surface area (Å²) < 4.78 is 11.5. The standard InChI is InChI=1S/C19H31NO3/c1-13(2)19-7-6-18(8-14(19)3)22-12-17(21)11-20-9-15(4)23-16(5)10-20/h6-8,13,15-17,21H,9-12H2,1-5H3/p+1/t15-,16+,17-/m1/s1. The van der Waals surface area contributed by atoms with Crippen molar-refractivity contribution in [2.24, 2.45) is 0 Å². The second-order valence-electron chi connectivity index (χ2n) is 7.26. The molecular formula is C19H32NO3+. The van der Waals surface area contributed by atoms with Gasteiger partial charge in [0.25, 0.3) is 0 Å². The average Bonchev–Trinajstić information content (AvgIpc) is 2.43.